The fraction of sp³-hybridized carbons (Fsp3) is 0.105. The molecule has 1 N–H and O–H groups in total. The van der Waals surface area contributed by atoms with Gasteiger partial charge in [-0.3, -0.25) is 14.7 Å². The zero-order valence-electron chi connectivity index (χ0n) is 17.5. The summed E-state index contributed by atoms with van der Waals surface area (Å²) in [6.07, 6.45) is 0.768. The molecule has 0 fully saturated rings. The van der Waals surface area contributed by atoms with Gasteiger partial charge in [0.2, 0.25) is 5.75 Å². The number of hydrogen-bond donors (Lipinski definition) is 1. The quantitative estimate of drug-likeness (QED) is 0.0437. The number of nitrogens with zero attached hydrogens (tertiary/aromatic N) is 1. The molecule has 12 nitrogen and oxygen atoms in total. The molecular formula is C19H10F2I3NO11S. The Hall–Kier alpha value is -2.05. The molecule has 0 bridgehead atoms. The topological polar surface area (TPSA) is 176 Å². The van der Waals surface area contributed by atoms with E-state index in [0.29, 0.717) is 19.5 Å². The number of carbonyl (C=O) groups excluding carboxylic acids is 3. The summed E-state index contributed by atoms with van der Waals surface area (Å²) in [7, 11) is -5.82. The molecule has 0 unspecified atom stereocenters. The third-order valence-corrected chi connectivity index (χ3v) is 8.49. The summed E-state index contributed by atoms with van der Waals surface area (Å²) in [5.41, 5.74) is -0.865. The highest BCUT2D eigenvalue weighted by Crippen LogP contribution is 2.31. The van der Waals surface area contributed by atoms with Gasteiger partial charge in [0.1, 0.15) is 6.26 Å². The number of hydrogen-bond acceptors (Lipinski definition) is 10. The molecule has 0 amide bonds. The Bertz CT molecular complexity index is 1410. The van der Waals surface area contributed by atoms with Gasteiger partial charge in [0.25, 0.3) is 0 Å². The first-order valence-corrected chi connectivity index (χ1v) is 13.8. The van der Waals surface area contributed by atoms with Gasteiger partial charge < -0.3 is 14.2 Å². The molecule has 2 rings (SSSR count). The molecule has 37 heavy (non-hydrogen) atoms. The van der Waals surface area contributed by atoms with Crippen LogP contribution in [0.15, 0.2) is 42.7 Å². The Balaban J connectivity index is 2.17. The molecule has 0 spiro atoms. The Morgan fingerprint density at radius 1 is 1.11 bits per heavy atom. The normalized spacial score (nSPS) is 11.7. The highest BCUT2D eigenvalue weighted by atomic mass is 127. The zero-order chi connectivity index (χ0) is 28.1. The van der Waals surface area contributed by atoms with Crippen LogP contribution in [-0.2, 0) is 24.4 Å². The minimum atomic E-state index is -5.82. The lowest BCUT2D eigenvalue weighted by Gasteiger charge is -2.11. The highest BCUT2D eigenvalue weighted by molar-refractivity contribution is 14.1. The molecule has 0 saturated carbocycles. The summed E-state index contributed by atoms with van der Waals surface area (Å²) in [6.45, 7) is -2.00. The average Bonchev–Trinajstić information content (AvgIpc) is 2.79. The Labute approximate surface area is 247 Å². The summed E-state index contributed by atoms with van der Waals surface area (Å²) in [5, 5.41) is 6.61. The summed E-state index contributed by atoms with van der Waals surface area (Å²) in [5.74, 6) is -4.25. The van der Waals surface area contributed by atoms with Crippen molar-refractivity contribution in [3.05, 3.63) is 74.6 Å². The fourth-order valence-electron chi connectivity index (χ4n) is 2.23. The molecular weight excluding hydrogens is 869 g/mol. The molecule has 198 valence electrons. The van der Waals surface area contributed by atoms with Crippen molar-refractivity contribution in [3.63, 3.8) is 0 Å². The van der Waals surface area contributed by atoms with Crippen LogP contribution in [0.5, 0.6) is 5.75 Å². The summed E-state index contributed by atoms with van der Waals surface area (Å²) in [4.78, 5) is 46.8. The maximum Gasteiger partial charge on any atom is 0.402 e. The summed E-state index contributed by atoms with van der Waals surface area (Å²) >= 11 is 5.87. The van der Waals surface area contributed by atoms with E-state index < -0.39 is 56.2 Å². The average molecular weight is 879 g/mol. The van der Waals surface area contributed by atoms with Gasteiger partial charge in [0.05, 0.1) is 22.1 Å². The molecule has 18 heteroatoms. The van der Waals surface area contributed by atoms with Gasteiger partial charge in [0.15, 0.2) is 6.61 Å². The standard InChI is InChI=1S/C19H10F2I3NO11S/c20-19(21,37(31,32)33)8-35-15(26)3-4-34-17(27)9-1-2-13(25(29)30)14(5-9)36-18(28)11-6-10(22)7-12(23)16(11)24/h1-7H,8H2,(H,31,32,33)/b4-3+. The molecule has 0 aliphatic rings. The third kappa shape index (κ3) is 8.47. The number of benzene rings is 2. The maximum atomic E-state index is 13.0. The van der Waals surface area contributed by atoms with Gasteiger partial charge in [-0.15, -0.1) is 0 Å². The minimum Gasteiger partial charge on any atom is -0.455 e. The van der Waals surface area contributed by atoms with Crippen LogP contribution >= 0.6 is 67.8 Å². The number of rotatable bonds is 9. The van der Waals surface area contributed by atoms with Crippen LogP contribution in [0.2, 0.25) is 0 Å². The molecule has 0 aliphatic heterocycles. The van der Waals surface area contributed by atoms with E-state index in [2.05, 4.69) is 9.47 Å². The number of halogens is 5. The Morgan fingerprint density at radius 3 is 2.35 bits per heavy atom. The maximum absolute atomic E-state index is 13.0. The second kappa shape index (κ2) is 12.7. The second-order valence-corrected chi connectivity index (χ2v) is 11.5. The molecule has 0 saturated heterocycles. The Kier molecular flexibility index (Phi) is 10.7. The van der Waals surface area contributed by atoms with Gasteiger partial charge in [-0.2, -0.15) is 17.2 Å². The molecule has 2 aromatic rings. The lowest BCUT2D eigenvalue weighted by molar-refractivity contribution is -0.385. The van der Waals surface area contributed by atoms with Crippen molar-refractivity contribution in [1.29, 1.82) is 0 Å². The minimum absolute atomic E-state index is 0.125. The molecule has 0 heterocycles. The predicted molar refractivity (Wildman–Crippen MR) is 145 cm³/mol. The van der Waals surface area contributed by atoms with Crippen LogP contribution in [0, 0.1) is 20.8 Å². The smallest absolute Gasteiger partial charge is 0.402 e. The van der Waals surface area contributed by atoms with Gasteiger partial charge >= 0.3 is 39.0 Å². The number of alkyl halides is 2. The molecule has 0 aliphatic carbocycles. The monoisotopic (exact) mass is 879 g/mol. The van der Waals surface area contributed by atoms with Crippen molar-refractivity contribution in [2.24, 2.45) is 0 Å². The van der Waals surface area contributed by atoms with Crippen molar-refractivity contribution in [2.75, 3.05) is 6.61 Å². The van der Waals surface area contributed by atoms with Crippen molar-refractivity contribution >= 4 is 101 Å². The van der Waals surface area contributed by atoms with Crippen LogP contribution < -0.4 is 4.74 Å². The van der Waals surface area contributed by atoms with Gasteiger partial charge in [-0.05, 0) is 86.0 Å². The van der Waals surface area contributed by atoms with Crippen molar-refractivity contribution in [3.8, 4) is 5.75 Å². The van der Waals surface area contributed by atoms with E-state index in [-0.39, 0.29) is 11.1 Å². The van der Waals surface area contributed by atoms with Gasteiger partial charge in [-0.1, -0.05) is 0 Å². The van der Waals surface area contributed by atoms with Crippen LogP contribution in [-0.4, -0.2) is 47.7 Å². The Morgan fingerprint density at radius 2 is 1.76 bits per heavy atom. The van der Waals surface area contributed by atoms with E-state index >= 15 is 0 Å². The van der Waals surface area contributed by atoms with E-state index in [1.54, 1.807) is 6.07 Å². The van der Waals surface area contributed by atoms with E-state index in [0.717, 1.165) is 21.8 Å². The molecule has 0 atom stereocenters. The number of carbonyl (C=O) groups is 3. The third-order valence-electron chi connectivity index (χ3n) is 3.95. The van der Waals surface area contributed by atoms with Crippen LogP contribution in [0.4, 0.5) is 14.5 Å². The van der Waals surface area contributed by atoms with Gasteiger partial charge in [0, 0.05) is 22.8 Å². The number of ether oxygens (including phenoxy) is 3. The molecule has 0 aromatic heterocycles. The largest absolute Gasteiger partial charge is 0.455 e. The van der Waals surface area contributed by atoms with Crippen LogP contribution in [0.3, 0.4) is 0 Å². The van der Waals surface area contributed by atoms with Gasteiger partial charge in [-0.25, -0.2) is 14.4 Å². The highest BCUT2D eigenvalue weighted by Gasteiger charge is 2.45. The lowest BCUT2D eigenvalue weighted by Crippen LogP contribution is -2.34. The SMILES string of the molecule is O=C(/C=C/OC(=O)c1ccc([N+](=O)[O-])c(OC(=O)c2cc(I)cc(I)c2I)c1)OCC(F)(F)S(=O)(=O)O. The number of nitro groups is 1. The number of nitro benzene ring substituents is 1. The van der Waals surface area contributed by atoms with Crippen molar-refractivity contribution in [2.45, 2.75) is 5.25 Å². The second-order valence-electron chi connectivity index (χ2n) is 6.51. The molecule has 2 aromatic carbocycles. The predicted octanol–water partition coefficient (Wildman–Crippen LogP) is 4.32. The molecule has 0 radical (unpaired) electrons. The lowest BCUT2D eigenvalue weighted by atomic mass is 10.2. The first kappa shape index (κ1) is 31.2. The van der Waals surface area contributed by atoms with E-state index in [4.69, 9.17) is 9.29 Å². The fourth-order valence-corrected chi connectivity index (χ4v) is 4.81. The first-order chi connectivity index (χ1) is 17.0. The van der Waals surface area contributed by atoms with Crippen LogP contribution in [0.25, 0.3) is 0 Å². The van der Waals surface area contributed by atoms with Crippen LogP contribution in [0.1, 0.15) is 20.7 Å². The summed E-state index contributed by atoms with van der Waals surface area (Å²) in [6, 6.07) is 5.99. The van der Waals surface area contributed by atoms with E-state index in [1.165, 1.54) is 6.07 Å². The van der Waals surface area contributed by atoms with E-state index in [1.807, 2.05) is 67.8 Å². The van der Waals surface area contributed by atoms with E-state index in [9.17, 15) is 41.7 Å². The first-order valence-electron chi connectivity index (χ1n) is 9.08. The number of esters is 3. The van der Waals surface area contributed by atoms with Crippen molar-refractivity contribution < 1.29 is 55.3 Å². The summed E-state index contributed by atoms with van der Waals surface area (Å²) < 4.78 is 71.1. The zero-order valence-corrected chi connectivity index (χ0v) is 24.8. The van der Waals surface area contributed by atoms with Crippen molar-refractivity contribution in [1.82, 2.24) is 0 Å².